The molecule has 150 heavy (non-hydrogen) atoms. The lowest BCUT2D eigenvalue weighted by Crippen LogP contribution is -2.61. The Bertz CT molecular complexity index is 7590. The molecule has 5 N–H and O–H groups in total. The number of aromatic nitrogens is 25. The highest BCUT2D eigenvalue weighted by Crippen LogP contribution is 2.42. The molecule has 8 unspecified atom stereocenters. The monoisotopic (exact) mass is 2100 g/mol. The SMILES string of the molecule is CC1(C(N)=O)CCN(c2ccnc(-c3cnc4cnc(C(F)(F)F)cn34)n2)C1.CC1CN(c2ccnc(-c3cnc4cnc(C(F)(F)F)cn34)n2)C(C)C(C2=CCN=C2)N1.FC(F)(F)c1cn2c(-c3nccc(N4CCC(C5CCOC5)C4)n3)cnc2cn1.NC(=O)C1CN(c2ccnc(-c3cnc4cnc(C(F)(F)F)cn34)n2)CC(F)(F)C1.O=C1CCCN1C1CCCN(c2ccnc(-c3cnc4cnc(C(F)(F)F)cn34)n2)C1. The van der Waals surface area contributed by atoms with E-state index in [0.29, 0.717) is 114 Å². The van der Waals surface area contributed by atoms with Crippen LogP contribution < -0.4 is 41.3 Å². The quantitative estimate of drug-likeness (QED) is 0.0802. The molecular formula is C94H90F17N35O4. The van der Waals surface area contributed by atoms with Crippen LogP contribution in [-0.4, -0.2) is 266 Å². The van der Waals surface area contributed by atoms with Crippen molar-refractivity contribution in [1.29, 1.82) is 0 Å². The summed E-state index contributed by atoms with van der Waals surface area (Å²) in [7, 11) is 0. The number of primary amides is 2. The van der Waals surface area contributed by atoms with E-state index in [1.54, 1.807) is 37.6 Å². The predicted octanol–water partition coefficient (Wildman–Crippen LogP) is 12.7. The first-order valence-electron chi connectivity index (χ1n) is 47.2. The molecule has 0 radical (unpaired) electrons. The van der Waals surface area contributed by atoms with Crippen LogP contribution in [0, 0.1) is 23.2 Å². The van der Waals surface area contributed by atoms with Crippen molar-refractivity contribution in [3.05, 3.63) is 194 Å². The fourth-order valence-corrected chi connectivity index (χ4v) is 19.2. The number of piperidine rings is 2. The first-order valence-corrected chi connectivity index (χ1v) is 47.2. The average molecular weight is 2100 g/mol. The number of anilines is 5. The third-order valence-corrected chi connectivity index (χ3v) is 27.0. The maximum atomic E-state index is 14.1. The number of alkyl halides is 17. The van der Waals surface area contributed by atoms with Crippen LogP contribution in [0.1, 0.15) is 101 Å². The zero-order valence-corrected chi connectivity index (χ0v) is 79.5. The summed E-state index contributed by atoms with van der Waals surface area (Å²) in [6, 6.07) is 9.04. The minimum Gasteiger partial charge on any atom is -0.381 e. The van der Waals surface area contributed by atoms with Gasteiger partial charge in [-0.2, -0.15) is 65.9 Å². The van der Waals surface area contributed by atoms with Gasteiger partial charge >= 0.3 is 30.9 Å². The molecular weight excluding hydrogens is 2010 g/mol. The highest BCUT2D eigenvalue weighted by atomic mass is 19.4. The molecule has 15 aromatic heterocycles. The zero-order chi connectivity index (χ0) is 106. The Morgan fingerprint density at radius 1 is 0.433 bits per heavy atom. The number of rotatable bonds is 15. The number of amides is 3. The van der Waals surface area contributed by atoms with Crippen molar-refractivity contribution in [2.24, 2.45) is 39.6 Å². The van der Waals surface area contributed by atoms with Crippen LogP contribution in [0.4, 0.5) is 104 Å². The van der Waals surface area contributed by atoms with Gasteiger partial charge in [-0.3, -0.25) is 41.4 Å². The second-order valence-corrected chi connectivity index (χ2v) is 37.2. The Hall–Kier alpha value is -16.0. The minimum absolute atomic E-state index is 0.0242. The van der Waals surface area contributed by atoms with Crippen LogP contribution in [0.15, 0.2) is 171 Å². The highest BCUT2D eigenvalue weighted by Gasteiger charge is 2.46. The van der Waals surface area contributed by atoms with Gasteiger partial charge in [-0.05, 0) is 107 Å². The van der Waals surface area contributed by atoms with Crippen molar-refractivity contribution >= 4 is 81.3 Å². The van der Waals surface area contributed by atoms with E-state index in [1.807, 2.05) is 28.1 Å². The summed E-state index contributed by atoms with van der Waals surface area (Å²) in [5, 5.41) is 3.62. The molecule has 0 spiro atoms. The fourth-order valence-electron chi connectivity index (χ4n) is 19.2. The lowest BCUT2D eigenvalue weighted by Gasteiger charge is -2.44. The molecule has 8 aliphatic heterocycles. The van der Waals surface area contributed by atoms with Gasteiger partial charge in [-0.1, -0.05) is 6.08 Å². The molecule has 0 aromatic carbocycles. The van der Waals surface area contributed by atoms with Crippen molar-refractivity contribution in [1.82, 2.24) is 132 Å². The Labute approximate surface area is 837 Å². The number of fused-ring (bicyclic) bond motifs is 5. The average Bonchev–Trinajstić information content (AvgIpc) is 1.60. The van der Waals surface area contributed by atoms with E-state index >= 15 is 0 Å². The number of nitrogens with one attached hydrogen (secondary N) is 1. The number of halogens is 17. The summed E-state index contributed by atoms with van der Waals surface area (Å²) < 4.78 is 236. The van der Waals surface area contributed by atoms with Gasteiger partial charge in [-0.25, -0.2) is 108 Å². The number of hydrogen-bond donors (Lipinski definition) is 3. The van der Waals surface area contributed by atoms with E-state index in [4.69, 9.17) is 21.2 Å². The van der Waals surface area contributed by atoms with Crippen molar-refractivity contribution < 1.29 is 93.8 Å². The van der Waals surface area contributed by atoms with Crippen LogP contribution in [0.5, 0.6) is 0 Å². The van der Waals surface area contributed by atoms with Crippen molar-refractivity contribution in [2.45, 2.75) is 133 Å². The van der Waals surface area contributed by atoms with E-state index in [2.05, 4.69) is 140 Å². The van der Waals surface area contributed by atoms with Gasteiger partial charge < -0.3 is 50.9 Å². The summed E-state index contributed by atoms with van der Waals surface area (Å²) in [4.78, 5) is 132. The Balaban J connectivity index is 0.000000118. The van der Waals surface area contributed by atoms with E-state index in [1.165, 1.54) is 71.9 Å². The molecule has 7 fully saturated rings. The van der Waals surface area contributed by atoms with Crippen LogP contribution >= 0.6 is 0 Å². The zero-order valence-electron chi connectivity index (χ0n) is 79.5. The van der Waals surface area contributed by atoms with Gasteiger partial charge in [-0.15, -0.1) is 0 Å². The molecule has 7 saturated heterocycles. The number of imidazole rings is 5. The first kappa shape index (κ1) is 103. The number of carbonyl (C=O) groups is 3. The Kier molecular flexibility index (Phi) is 28.0. The molecule has 23 heterocycles. The van der Waals surface area contributed by atoms with Gasteiger partial charge in [0.05, 0.1) is 92.4 Å². The molecule has 8 atom stereocenters. The molecule has 8 aliphatic rings. The first-order chi connectivity index (χ1) is 71.4. The molecule has 23 rings (SSSR count). The maximum absolute atomic E-state index is 14.1. The third kappa shape index (κ3) is 22.1. The Morgan fingerprint density at radius 2 is 0.840 bits per heavy atom. The lowest BCUT2D eigenvalue weighted by molar-refractivity contribution is -0.142. The largest absolute Gasteiger partial charge is 0.434 e. The molecule has 0 saturated carbocycles. The fraction of sp³-hybridized carbons (Fsp3) is 0.404. The minimum atomic E-state index is -4.67. The smallest absolute Gasteiger partial charge is 0.381 e. The predicted molar refractivity (Wildman–Crippen MR) is 504 cm³/mol. The summed E-state index contributed by atoms with van der Waals surface area (Å²) in [6.45, 7) is 13.4. The van der Waals surface area contributed by atoms with Crippen LogP contribution in [0.25, 0.3) is 85.8 Å². The van der Waals surface area contributed by atoms with Crippen LogP contribution in [0.3, 0.4) is 0 Å². The van der Waals surface area contributed by atoms with E-state index in [0.717, 1.165) is 156 Å². The topological polar surface area (TPSA) is 436 Å². The number of ether oxygens (including phenoxy) is 1. The van der Waals surface area contributed by atoms with Crippen LogP contribution in [0.2, 0.25) is 0 Å². The van der Waals surface area contributed by atoms with Gasteiger partial charge in [0.1, 0.15) is 57.6 Å². The van der Waals surface area contributed by atoms with Gasteiger partial charge in [0, 0.05) is 171 Å². The molecule has 784 valence electrons. The number of aliphatic imine (C=N–C) groups is 1. The number of nitrogens with zero attached hydrogens (tertiary/aromatic N) is 32. The van der Waals surface area contributed by atoms with E-state index in [-0.39, 0.29) is 88.5 Å². The molecule has 15 aromatic rings. The summed E-state index contributed by atoms with van der Waals surface area (Å²) in [5.41, 5.74) is 8.83. The van der Waals surface area contributed by atoms with E-state index < -0.39 is 95.5 Å². The number of likely N-dealkylation sites (tertiary alicyclic amines) is 1. The van der Waals surface area contributed by atoms with Crippen molar-refractivity contribution in [2.75, 3.05) is 110 Å². The molecule has 0 aliphatic carbocycles. The molecule has 56 heteroatoms. The third-order valence-electron chi connectivity index (χ3n) is 27.0. The molecule has 39 nitrogen and oxygen atoms in total. The summed E-state index contributed by atoms with van der Waals surface area (Å²) in [5.74, 6) is -0.146. The van der Waals surface area contributed by atoms with E-state index in [9.17, 15) is 89.0 Å². The maximum Gasteiger partial charge on any atom is 0.434 e. The lowest BCUT2D eigenvalue weighted by atomic mass is 9.89. The normalized spacial score (nSPS) is 21.2. The number of nitrogens with two attached hydrogens (primary N) is 2. The highest BCUT2D eigenvalue weighted by molar-refractivity contribution is 5.84. The summed E-state index contributed by atoms with van der Waals surface area (Å²) >= 11 is 0. The Morgan fingerprint density at radius 3 is 1.21 bits per heavy atom. The molecule has 0 bridgehead atoms. The second kappa shape index (κ2) is 40.9. The van der Waals surface area contributed by atoms with Crippen molar-refractivity contribution in [3.63, 3.8) is 0 Å². The standard InChI is InChI=1S/C21H21F3N8.C20H20F3N7O.C19H19F3N6O.C17H14F5N7O.C17H16F3N7O/c1-12-10-31(13(2)19(29-12)14-3-5-25-7-14)17-4-6-26-20(30-17)15-8-28-18-9-27-16(11-32(15)18)21(22,23)24;21-20(22,23)15-12-30-14(9-26-17(30)10-25-15)19-24-6-5-16(27-19)28-7-1-3-13(11-28)29-8-2-4-18(29)31;20-19(21,22)15-10-28-14(7-25-17(28)8-24-15)18-23-4-1-16(26-18)27-5-2-12(9-27)13-3-6-29-11-13;18-16(19)3-9(14(23)30)6-28(8-16)12-1-2-24-15(27-12)10-4-26-13-5-25-11(7-29(10)13)17(20,21)22;1-16(15(21)28)3-5-26(9-16)12-2-4-22-14(25-12)10-6-24-13-7-23-11(8-27(10)13)17(18,19)20/h3-4,6-9,11-13,19,29H,5,10H2,1-2H3;5-6,9-10,12-13H,1-4,7-8,11H2;1,4,7-8,10,12-13H,2-3,5-6,9,11H2;1-2,4-5,7,9H,3,6,8H2,(H2,23,30);2,4,6-8H,3,5,9H2,1H3,(H2,21,28). The van der Waals surface area contributed by atoms with Gasteiger partial charge in [0.25, 0.3) is 5.92 Å². The van der Waals surface area contributed by atoms with Crippen LogP contribution in [-0.2, 0) is 50.0 Å². The van der Waals surface area contributed by atoms with Gasteiger partial charge in [0.15, 0.2) is 85.8 Å². The number of piperazine rings is 1. The number of hydrogen-bond acceptors (Lipinski definition) is 31. The number of carbonyl (C=O) groups excluding carboxylic acids is 3. The second-order valence-electron chi connectivity index (χ2n) is 37.2. The summed E-state index contributed by atoms with van der Waals surface area (Å²) in [6.07, 6.45) is 11.0. The van der Waals surface area contributed by atoms with Crippen molar-refractivity contribution in [3.8, 4) is 57.6 Å². The van der Waals surface area contributed by atoms with Gasteiger partial charge in [0.2, 0.25) is 17.7 Å². The molecule has 3 amide bonds.